The normalized spacial score (nSPS) is 17.1. The fraction of sp³-hybridized carbons (Fsp3) is 0.263. The fourth-order valence-electron chi connectivity index (χ4n) is 2.87. The number of aromatic hydroxyl groups is 1. The summed E-state index contributed by atoms with van der Waals surface area (Å²) in [4.78, 5) is 26.3. The van der Waals surface area contributed by atoms with Crippen molar-refractivity contribution in [3.05, 3.63) is 54.1 Å². The average Bonchev–Trinajstić information content (AvgIpc) is 2.97. The van der Waals surface area contributed by atoms with Gasteiger partial charge in [-0.15, -0.1) is 0 Å². The van der Waals surface area contributed by atoms with E-state index in [1.807, 2.05) is 24.3 Å². The van der Waals surface area contributed by atoms with Crippen molar-refractivity contribution in [3.63, 3.8) is 0 Å². The van der Waals surface area contributed by atoms with Crippen LogP contribution in [0.4, 0.5) is 11.4 Å². The lowest BCUT2D eigenvalue weighted by atomic mass is 10.1. The molecule has 1 heterocycles. The summed E-state index contributed by atoms with van der Waals surface area (Å²) < 4.78 is 0. The monoisotopic (exact) mass is 324 g/mol. The van der Waals surface area contributed by atoms with Crippen LogP contribution in [0.3, 0.4) is 0 Å². The second-order valence-electron chi connectivity index (χ2n) is 5.96. The Labute approximate surface area is 140 Å². The summed E-state index contributed by atoms with van der Waals surface area (Å²) in [7, 11) is 0. The Balaban J connectivity index is 1.68. The number of nitrogens with zero attached hydrogens (tertiary/aromatic N) is 1. The van der Waals surface area contributed by atoms with Gasteiger partial charge in [-0.05, 0) is 36.2 Å². The highest BCUT2D eigenvalue weighted by molar-refractivity contribution is 6.03. The lowest BCUT2D eigenvalue weighted by Crippen LogP contribution is -2.28. The van der Waals surface area contributed by atoms with Gasteiger partial charge in [-0.1, -0.05) is 25.1 Å². The minimum atomic E-state index is -0.397. The summed E-state index contributed by atoms with van der Waals surface area (Å²) >= 11 is 0. The molecule has 1 aliphatic heterocycles. The zero-order valence-electron chi connectivity index (χ0n) is 13.5. The van der Waals surface area contributed by atoms with E-state index in [2.05, 4.69) is 12.2 Å². The standard InChI is InChI=1S/C19H20N2O3/c1-2-13-6-8-16(9-7-13)21-12-14(10-18(21)23)19(24)20-15-4-3-5-17(22)11-15/h3-9,11,14,22H,2,10,12H2,1H3,(H,20,24)/t14-/m1/s1. The SMILES string of the molecule is CCc1ccc(N2C[C@H](C(=O)Nc3cccc(O)c3)CC2=O)cc1. The summed E-state index contributed by atoms with van der Waals surface area (Å²) in [6, 6.07) is 14.2. The molecule has 1 saturated heterocycles. The highest BCUT2D eigenvalue weighted by Gasteiger charge is 2.35. The topological polar surface area (TPSA) is 69.6 Å². The van der Waals surface area contributed by atoms with Crippen molar-refractivity contribution < 1.29 is 14.7 Å². The first kappa shape index (κ1) is 16.1. The lowest BCUT2D eigenvalue weighted by Gasteiger charge is -2.17. The molecule has 5 nitrogen and oxygen atoms in total. The van der Waals surface area contributed by atoms with Crippen LogP contribution in [0.2, 0.25) is 0 Å². The van der Waals surface area contributed by atoms with Gasteiger partial charge in [0, 0.05) is 30.4 Å². The van der Waals surface area contributed by atoms with Crippen LogP contribution in [0.1, 0.15) is 18.9 Å². The predicted molar refractivity (Wildman–Crippen MR) is 93.0 cm³/mol. The first-order valence-corrected chi connectivity index (χ1v) is 8.06. The lowest BCUT2D eigenvalue weighted by molar-refractivity contribution is -0.122. The molecule has 1 atom stereocenters. The smallest absolute Gasteiger partial charge is 0.229 e. The van der Waals surface area contributed by atoms with Crippen LogP contribution in [0, 0.1) is 5.92 Å². The molecule has 0 saturated carbocycles. The molecule has 0 bridgehead atoms. The maximum absolute atomic E-state index is 12.4. The largest absolute Gasteiger partial charge is 0.508 e. The molecule has 5 heteroatoms. The number of aryl methyl sites for hydroxylation is 1. The number of phenolic OH excluding ortho intramolecular Hbond substituents is 1. The molecule has 24 heavy (non-hydrogen) atoms. The zero-order valence-corrected chi connectivity index (χ0v) is 13.5. The van der Waals surface area contributed by atoms with Gasteiger partial charge in [0.05, 0.1) is 5.92 Å². The Morgan fingerprint density at radius 3 is 2.67 bits per heavy atom. The summed E-state index contributed by atoms with van der Waals surface area (Å²) in [5, 5.41) is 12.2. The van der Waals surface area contributed by atoms with Gasteiger partial charge in [0.25, 0.3) is 0 Å². The van der Waals surface area contributed by atoms with Gasteiger partial charge in [-0.3, -0.25) is 9.59 Å². The number of benzene rings is 2. The van der Waals surface area contributed by atoms with Crippen LogP contribution in [-0.2, 0) is 16.0 Å². The molecule has 2 amide bonds. The molecular weight excluding hydrogens is 304 g/mol. The number of anilines is 2. The molecule has 2 N–H and O–H groups in total. The van der Waals surface area contributed by atoms with Crippen LogP contribution in [0.5, 0.6) is 5.75 Å². The Hall–Kier alpha value is -2.82. The Kier molecular flexibility index (Phi) is 4.51. The molecule has 0 aliphatic carbocycles. The minimum Gasteiger partial charge on any atom is -0.508 e. The first-order valence-electron chi connectivity index (χ1n) is 8.06. The van der Waals surface area contributed by atoms with E-state index in [1.165, 1.54) is 17.7 Å². The van der Waals surface area contributed by atoms with Crippen molar-refractivity contribution in [2.24, 2.45) is 5.92 Å². The van der Waals surface area contributed by atoms with Gasteiger partial charge in [0.2, 0.25) is 11.8 Å². The summed E-state index contributed by atoms with van der Waals surface area (Å²) in [6.45, 7) is 2.45. The molecule has 0 unspecified atom stereocenters. The molecule has 2 aromatic rings. The van der Waals surface area contributed by atoms with Crippen molar-refractivity contribution in [1.82, 2.24) is 0 Å². The zero-order chi connectivity index (χ0) is 17.1. The number of rotatable bonds is 4. The van der Waals surface area contributed by atoms with E-state index in [1.54, 1.807) is 17.0 Å². The van der Waals surface area contributed by atoms with Crippen LogP contribution >= 0.6 is 0 Å². The number of amides is 2. The number of phenols is 1. The van der Waals surface area contributed by atoms with E-state index in [0.29, 0.717) is 12.2 Å². The molecule has 0 spiro atoms. The second-order valence-corrected chi connectivity index (χ2v) is 5.96. The van der Waals surface area contributed by atoms with Gasteiger partial charge in [0.1, 0.15) is 5.75 Å². The van der Waals surface area contributed by atoms with E-state index in [4.69, 9.17) is 0 Å². The molecule has 3 rings (SSSR count). The van der Waals surface area contributed by atoms with Crippen LogP contribution in [0.15, 0.2) is 48.5 Å². The third kappa shape index (κ3) is 3.40. The van der Waals surface area contributed by atoms with Crippen molar-refractivity contribution >= 4 is 23.2 Å². The van der Waals surface area contributed by atoms with E-state index >= 15 is 0 Å². The quantitative estimate of drug-likeness (QED) is 0.908. The maximum atomic E-state index is 12.4. The van der Waals surface area contributed by atoms with Crippen molar-refractivity contribution in [2.75, 3.05) is 16.8 Å². The number of hydrogen-bond acceptors (Lipinski definition) is 3. The van der Waals surface area contributed by atoms with Gasteiger partial charge in [0.15, 0.2) is 0 Å². The number of nitrogens with one attached hydrogen (secondary N) is 1. The Morgan fingerprint density at radius 2 is 2.00 bits per heavy atom. The van der Waals surface area contributed by atoms with E-state index in [-0.39, 0.29) is 24.0 Å². The fourth-order valence-corrected chi connectivity index (χ4v) is 2.87. The van der Waals surface area contributed by atoms with Gasteiger partial charge in [-0.25, -0.2) is 0 Å². The summed E-state index contributed by atoms with van der Waals surface area (Å²) in [6.07, 6.45) is 1.14. The van der Waals surface area contributed by atoms with E-state index in [9.17, 15) is 14.7 Å². The maximum Gasteiger partial charge on any atom is 0.229 e. The molecule has 1 aliphatic rings. The highest BCUT2D eigenvalue weighted by Crippen LogP contribution is 2.27. The third-order valence-electron chi connectivity index (χ3n) is 4.27. The van der Waals surface area contributed by atoms with Gasteiger partial charge >= 0.3 is 0 Å². The van der Waals surface area contributed by atoms with Crippen LogP contribution in [-0.4, -0.2) is 23.5 Å². The third-order valence-corrected chi connectivity index (χ3v) is 4.27. The highest BCUT2D eigenvalue weighted by atomic mass is 16.3. The number of carbonyl (C=O) groups is 2. The van der Waals surface area contributed by atoms with E-state index < -0.39 is 5.92 Å². The molecule has 0 radical (unpaired) electrons. The molecule has 0 aromatic heterocycles. The van der Waals surface area contributed by atoms with Crippen LogP contribution < -0.4 is 10.2 Å². The van der Waals surface area contributed by atoms with Gasteiger partial charge in [-0.2, -0.15) is 0 Å². The number of carbonyl (C=O) groups excluding carboxylic acids is 2. The predicted octanol–water partition coefficient (Wildman–Crippen LogP) is 2.95. The van der Waals surface area contributed by atoms with Crippen LogP contribution in [0.25, 0.3) is 0 Å². The van der Waals surface area contributed by atoms with Crippen molar-refractivity contribution in [3.8, 4) is 5.75 Å². The average molecular weight is 324 g/mol. The Morgan fingerprint density at radius 1 is 1.25 bits per heavy atom. The summed E-state index contributed by atoms with van der Waals surface area (Å²) in [5.41, 5.74) is 2.56. The molecule has 2 aromatic carbocycles. The number of hydrogen-bond donors (Lipinski definition) is 2. The Bertz CT molecular complexity index is 755. The first-order chi connectivity index (χ1) is 11.6. The molecular formula is C19H20N2O3. The van der Waals surface area contributed by atoms with Crippen molar-refractivity contribution in [1.29, 1.82) is 0 Å². The van der Waals surface area contributed by atoms with Gasteiger partial charge < -0.3 is 15.3 Å². The van der Waals surface area contributed by atoms with E-state index in [0.717, 1.165) is 12.1 Å². The second kappa shape index (κ2) is 6.74. The minimum absolute atomic E-state index is 0.0460. The van der Waals surface area contributed by atoms with Crippen molar-refractivity contribution in [2.45, 2.75) is 19.8 Å². The molecule has 1 fully saturated rings. The molecule has 124 valence electrons. The summed E-state index contributed by atoms with van der Waals surface area (Å²) in [5.74, 6) is -0.560.